The van der Waals surface area contributed by atoms with Gasteiger partial charge in [-0.15, -0.1) is 0 Å². The van der Waals surface area contributed by atoms with Crippen LogP contribution in [0.25, 0.3) is 22.5 Å². The van der Waals surface area contributed by atoms with Gasteiger partial charge >= 0.3 is 0 Å². The summed E-state index contributed by atoms with van der Waals surface area (Å²) >= 11 is 12.1. The highest BCUT2D eigenvalue weighted by molar-refractivity contribution is 6.30. The number of halogens is 2. The third-order valence-corrected chi connectivity index (χ3v) is 5.83. The maximum Gasteiger partial charge on any atom is 0.240 e. The SMILES string of the molecule is O=C(CN1CCCCCC1)Nc1nc(-c2ccc(Cl)cc2)cc(-c2ccc(Cl)cc2)n1. The molecule has 1 amide bonds. The minimum Gasteiger partial charge on any atom is -0.295 e. The monoisotopic (exact) mass is 454 g/mol. The van der Waals surface area contributed by atoms with Crippen molar-refractivity contribution in [3.8, 4) is 22.5 Å². The molecule has 2 heterocycles. The van der Waals surface area contributed by atoms with Gasteiger partial charge in [0.2, 0.25) is 11.9 Å². The molecular weight excluding hydrogens is 431 g/mol. The van der Waals surface area contributed by atoms with Crippen molar-refractivity contribution < 1.29 is 4.79 Å². The first-order valence-corrected chi connectivity index (χ1v) is 11.3. The van der Waals surface area contributed by atoms with Gasteiger partial charge < -0.3 is 0 Å². The number of rotatable bonds is 5. The fourth-order valence-corrected chi connectivity index (χ4v) is 3.95. The van der Waals surface area contributed by atoms with Gasteiger partial charge in [0.1, 0.15) is 0 Å². The van der Waals surface area contributed by atoms with Crippen LogP contribution in [0.4, 0.5) is 5.95 Å². The Morgan fingerprint density at radius 2 is 1.29 bits per heavy atom. The van der Waals surface area contributed by atoms with Gasteiger partial charge in [-0.25, -0.2) is 9.97 Å². The van der Waals surface area contributed by atoms with E-state index < -0.39 is 0 Å². The number of nitrogens with zero attached hydrogens (tertiary/aromatic N) is 3. The smallest absolute Gasteiger partial charge is 0.240 e. The van der Waals surface area contributed by atoms with Crippen LogP contribution in [0.15, 0.2) is 54.6 Å². The molecule has 1 N–H and O–H groups in total. The average Bonchev–Trinajstić information content (AvgIpc) is 3.03. The van der Waals surface area contributed by atoms with E-state index in [1.165, 1.54) is 12.8 Å². The summed E-state index contributed by atoms with van der Waals surface area (Å²) in [5, 5.41) is 4.21. The predicted octanol–water partition coefficient (Wildman–Crippen LogP) is 5.93. The average molecular weight is 455 g/mol. The third-order valence-electron chi connectivity index (χ3n) is 5.32. The minimum atomic E-state index is -0.0998. The maximum absolute atomic E-state index is 12.7. The van der Waals surface area contributed by atoms with Crippen LogP contribution in [0.2, 0.25) is 10.0 Å². The Balaban J connectivity index is 1.61. The van der Waals surface area contributed by atoms with E-state index in [0.29, 0.717) is 28.0 Å². The molecule has 2 aromatic carbocycles. The Labute approximate surface area is 192 Å². The number of likely N-dealkylation sites (tertiary alicyclic amines) is 1. The number of amides is 1. The number of hydrogen-bond donors (Lipinski definition) is 1. The molecule has 7 heteroatoms. The molecule has 5 nitrogen and oxygen atoms in total. The lowest BCUT2D eigenvalue weighted by Gasteiger charge is -2.18. The molecule has 0 spiro atoms. The number of carbonyl (C=O) groups excluding carboxylic acids is 1. The van der Waals surface area contributed by atoms with Gasteiger partial charge in [-0.3, -0.25) is 15.0 Å². The molecule has 1 aliphatic rings. The molecule has 1 saturated heterocycles. The van der Waals surface area contributed by atoms with E-state index in [-0.39, 0.29) is 11.9 Å². The molecule has 0 atom stereocenters. The number of carbonyl (C=O) groups is 1. The van der Waals surface area contributed by atoms with Gasteiger partial charge in [-0.2, -0.15) is 0 Å². The van der Waals surface area contributed by atoms with Gasteiger partial charge in [0.05, 0.1) is 17.9 Å². The van der Waals surface area contributed by atoms with Crippen LogP contribution in [0.1, 0.15) is 25.7 Å². The van der Waals surface area contributed by atoms with Crippen molar-refractivity contribution in [2.75, 3.05) is 25.0 Å². The van der Waals surface area contributed by atoms with E-state index in [0.717, 1.165) is 37.1 Å². The van der Waals surface area contributed by atoms with Crippen LogP contribution in [0, 0.1) is 0 Å². The first-order valence-electron chi connectivity index (χ1n) is 10.5. The summed E-state index contributed by atoms with van der Waals surface area (Å²) in [6.07, 6.45) is 4.73. The zero-order valence-electron chi connectivity index (χ0n) is 17.2. The summed E-state index contributed by atoms with van der Waals surface area (Å²) in [6.45, 7) is 2.26. The standard InChI is InChI=1S/C24H24Cl2N4O/c25-19-9-5-17(6-10-19)21-15-22(18-7-11-20(26)12-8-18)28-24(27-21)29-23(31)16-30-13-3-1-2-4-14-30/h5-12,15H,1-4,13-14,16H2,(H,27,28,29,31). The van der Waals surface area contributed by atoms with Crippen molar-refractivity contribution in [2.45, 2.75) is 25.7 Å². The second-order valence-corrected chi connectivity index (χ2v) is 8.59. The van der Waals surface area contributed by atoms with Gasteiger partial charge in [0.25, 0.3) is 0 Å². The summed E-state index contributed by atoms with van der Waals surface area (Å²) in [5.41, 5.74) is 3.21. The van der Waals surface area contributed by atoms with Gasteiger partial charge in [-0.05, 0) is 56.3 Å². The third kappa shape index (κ3) is 6.03. The Morgan fingerprint density at radius 1 is 0.806 bits per heavy atom. The summed E-state index contributed by atoms with van der Waals surface area (Å²) in [6, 6.07) is 16.8. The number of anilines is 1. The molecular formula is C24H24Cl2N4O. The zero-order chi connectivity index (χ0) is 21.6. The molecule has 4 rings (SSSR count). The summed E-state index contributed by atoms with van der Waals surface area (Å²) in [4.78, 5) is 24.1. The molecule has 160 valence electrons. The molecule has 1 fully saturated rings. The second-order valence-electron chi connectivity index (χ2n) is 7.71. The molecule has 1 aromatic heterocycles. The Bertz CT molecular complexity index is 967. The van der Waals surface area contributed by atoms with E-state index >= 15 is 0 Å². The molecule has 0 radical (unpaired) electrons. The lowest BCUT2D eigenvalue weighted by molar-refractivity contribution is -0.117. The fraction of sp³-hybridized carbons (Fsp3) is 0.292. The molecule has 0 bridgehead atoms. The van der Waals surface area contributed by atoms with Gasteiger partial charge in [0, 0.05) is 21.2 Å². The lowest BCUT2D eigenvalue weighted by atomic mass is 10.1. The Kier molecular flexibility index (Phi) is 7.17. The van der Waals surface area contributed by atoms with Crippen molar-refractivity contribution in [2.24, 2.45) is 0 Å². The maximum atomic E-state index is 12.7. The first-order chi connectivity index (χ1) is 15.1. The number of aromatic nitrogens is 2. The molecule has 1 aliphatic heterocycles. The van der Waals surface area contributed by atoms with E-state index in [1.54, 1.807) is 0 Å². The van der Waals surface area contributed by atoms with Crippen LogP contribution >= 0.6 is 23.2 Å². The highest BCUT2D eigenvalue weighted by Gasteiger charge is 2.15. The molecule has 0 unspecified atom stereocenters. The molecule has 0 saturated carbocycles. The first kappa shape index (κ1) is 21.8. The second kappa shape index (κ2) is 10.2. The van der Waals surface area contributed by atoms with Crippen LogP contribution in [0.3, 0.4) is 0 Å². The lowest BCUT2D eigenvalue weighted by Crippen LogP contribution is -2.34. The van der Waals surface area contributed by atoms with Crippen LogP contribution in [0.5, 0.6) is 0 Å². The summed E-state index contributed by atoms with van der Waals surface area (Å²) in [7, 11) is 0. The molecule has 31 heavy (non-hydrogen) atoms. The normalized spacial score (nSPS) is 14.8. The summed E-state index contributed by atoms with van der Waals surface area (Å²) in [5.74, 6) is 0.189. The van der Waals surface area contributed by atoms with Gasteiger partial charge in [-0.1, -0.05) is 60.3 Å². The Hall–Kier alpha value is -2.47. The number of hydrogen-bond acceptors (Lipinski definition) is 4. The molecule has 3 aromatic rings. The van der Waals surface area contributed by atoms with Crippen LogP contribution in [-0.4, -0.2) is 40.4 Å². The minimum absolute atomic E-state index is 0.0998. The van der Waals surface area contributed by atoms with Crippen molar-refractivity contribution in [1.29, 1.82) is 0 Å². The number of benzene rings is 2. The van der Waals surface area contributed by atoms with Gasteiger partial charge in [0.15, 0.2) is 0 Å². The highest BCUT2D eigenvalue weighted by Crippen LogP contribution is 2.27. The van der Waals surface area contributed by atoms with Crippen molar-refractivity contribution in [3.63, 3.8) is 0 Å². The highest BCUT2D eigenvalue weighted by atomic mass is 35.5. The predicted molar refractivity (Wildman–Crippen MR) is 126 cm³/mol. The topological polar surface area (TPSA) is 58.1 Å². The summed E-state index contributed by atoms with van der Waals surface area (Å²) < 4.78 is 0. The van der Waals surface area contributed by atoms with E-state index in [9.17, 15) is 4.79 Å². The van der Waals surface area contributed by atoms with Crippen molar-refractivity contribution in [1.82, 2.24) is 14.9 Å². The van der Waals surface area contributed by atoms with Crippen molar-refractivity contribution >= 4 is 35.1 Å². The number of nitrogens with one attached hydrogen (secondary N) is 1. The Morgan fingerprint density at radius 3 is 1.77 bits per heavy atom. The van der Waals surface area contributed by atoms with Crippen molar-refractivity contribution in [3.05, 3.63) is 64.6 Å². The quantitative estimate of drug-likeness (QED) is 0.518. The fourth-order valence-electron chi connectivity index (χ4n) is 3.70. The zero-order valence-corrected chi connectivity index (χ0v) is 18.7. The van der Waals surface area contributed by atoms with Crippen LogP contribution < -0.4 is 5.32 Å². The molecule has 0 aliphatic carbocycles. The van der Waals surface area contributed by atoms with E-state index in [1.807, 2.05) is 54.6 Å². The van der Waals surface area contributed by atoms with Crippen LogP contribution in [-0.2, 0) is 4.79 Å². The largest absolute Gasteiger partial charge is 0.295 e. The van der Waals surface area contributed by atoms with E-state index in [2.05, 4.69) is 20.2 Å². The van der Waals surface area contributed by atoms with E-state index in [4.69, 9.17) is 23.2 Å².